The Morgan fingerprint density at radius 3 is 2.57 bits per heavy atom. The number of carbonyl (C=O) groups is 3. The molecule has 1 aliphatic rings. The highest BCUT2D eigenvalue weighted by Gasteiger charge is 2.32. The predicted molar refractivity (Wildman–Crippen MR) is 75.6 cm³/mol. The van der Waals surface area contributed by atoms with Crippen molar-refractivity contribution in [1.29, 1.82) is 0 Å². The van der Waals surface area contributed by atoms with E-state index in [0.717, 1.165) is 0 Å². The molecule has 1 aromatic carbocycles. The summed E-state index contributed by atoms with van der Waals surface area (Å²) < 4.78 is 0. The zero-order chi connectivity index (χ0) is 15.4. The van der Waals surface area contributed by atoms with E-state index in [-0.39, 0.29) is 12.3 Å². The van der Waals surface area contributed by atoms with E-state index in [1.54, 1.807) is 31.2 Å². The first-order chi connectivity index (χ1) is 9.99. The fourth-order valence-corrected chi connectivity index (χ4v) is 2.57. The molecule has 0 bridgehead atoms. The van der Waals surface area contributed by atoms with Crippen molar-refractivity contribution in [2.75, 3.05) is 0 Å². The van der Waals surface area contributed by atoms with Gasteiger partial charge in [-0.25, -0.2) is 0 Å². The number of nitrogens with one attached hydrogen (secondary N) is 2. The molecule has 6 heteroatoms. The van der Waals surface area contributed by atoms with Crippen LogP contribution in [-0.2, 0) is 14.4 Å². The number of carboxylic acids is 1. The molecule has 2 amide bonds. The minimum atomic E-state index is -0.950. The van der Waals surface area contributed by atoms with Crippen molar-refractivity contribution in [1.82, 2.24) is 10.6 Å². The van der Waals surface area contributed by atoms with Crippen LogP contribution in [-0.4, -0.2) is 35.0 Å². The number of benzene rings is 1. The average molecular weight is 290 g/mol. The summed E-state index contributed by atoms with van der Waals surface area (Å²) in [6.07, 6.45) is 0.648. The fraction of sp³-hybridized carbons (Fsp3) is 0.400. The molecule has 3 atom stereocenters. The second kappa shape index (κ2) is 6.49. The number of carboxylic acid groups (broad SMARTS) is 1. The average Bonchev–Trinajstić information content (AvgIpc) is 2.43. The molecule has 1 heterocycles. The molecular formula is C15H18N2O4. The largest absolute Gasteiger partial charge is 0.481 e. The Morgan fingerprint density at radius 1 is 1.33 bits per heavy atom. The maximum Gasteiger partial charge on any atom is 0.312 e. The van der Waals surface area contributed by atoms with Gasteiger partial charge in [-0.05, 0) is 18.9 Å². The minimum absolute atomic E-state index is 0.263. The van der Waals surface area contributed by atoms with Gasteiger partial charge in [0, 0.05) is 12.5 Å². The molecule has 1 aromatic rings. The minimum Gasteiger partial charge on any atom is -0.481 e. The predicted octanol–water partition coefficient (Wildman–Crippen LogP) is 0.638. The van der Waals surface area contributed by atoms with Gasteiger partial charge < -0.3 is 10.4 Å². The third-order valence-corrected chi connectivity index (χ3v) is 3.63. The van der Waals surface area contributed by atoms with E-state index >= 15 is 0 Å². The molecule has 21 heavy (non-hydrogen) atoms. The molecular weight excluding hydrogens is 272 g/mol. The fourth-order valence-electron chi connectivity index (χ4n) is 2.57. The van der Waals surface area contributed by atoms with Crippen molar-refractivity contribution in [3.8, 4) is 0 Å². The topological polar surface area (TPSA) is 95.5 Å². The summed E-state index contributed by atoms with van der Waals surface area (Å²) >= 11 is 0. The molecule has 2 rings (SSSR count). The van der Waals surface area contributed by atoms with Crippen LogP contribution in [0.1, 0.15) is 31.2 Å². The van der Waals surface area contributed by atoms with Gasteiger partial charge in [-0.2, -0.15) is 0 Å². The number of imide groups is 1. The van der Waals surface area contributed by atoms with E-state index < -0.39 is 29.9 Å². The van der Waals surface area contributed by atoms with Gasteiger partial charge in [0.1, 0.15) is 0 Å². The molecule has 0 saturated carbocycles. The molecule has 112 valence electrons. The number of hydrogen-bond acceptors (Lipinski definition) is 4. The van der Waals surface area contributed by atoms with Crippen molar-refractivity contribution in [2.45, 2.75) is 37.8 Å². The summed E-state index contributed by atoms with van der Waals surface area (Å²) in [5, 5.41) is 14.7. The lowest BCUT2D eigenvalue weighted by Gasteiger charge is -2.28. The molecule has 6 nitrogen and oxygen atoms in total. The number of carbonyl (C=O) groups excluding carboxylic acids is 2. The monoisotopic (exact) mass is 290 g/mol. The quantitative estimate of drug-likeness (QED) is 0.692. The second-order valence-electron chi connectivity index (χ2n) is 5.19. The van der Waals surface area contributed by atoms with E-state index in [1.165, 1.54) is 0 Å². The Balaban J connectivity index is 2.09. The molecule has 1 fully saturated rings. The summed E-state index contributed by atoms with van der Waals surface area (Å²) in [6.45, 7) is 1.73. The van der Waals surface area contributed by atoms with E-state index in [1.807, 2.05) is 6.07 Å². The maximum absolute atomic E-state index is 11.7. The van der Waals surface area contributed by atoms with Gasteiger partial charge in [0.15, 0.2) is 0 Å². The molecule has 3 N–H and O–H groups in total. The van der Waals surface area contributed by atoms with Crippen LogP contribution in [0.4, 0.5) is 0 Å². The number of piperidine rings is 1. The maximum atomic E-state index is 11.7. The van der Waals surface area contributed by atoms with Gasteiger partial charge in [0.25, 0.3) is 0 Å². The number of hydrogen-bond donors (Lipinski definition) is 3. The highest BCUT2D eigenvalue weighted by atomic mass is 16.4. The summed E-state index contributed by atoms with van der Waals surface area (Å²) in [5.74, 6) is -2.39. The van der Waals surface area contributed by atoms with Crippen LogP contribution in [0.2, 0.25) is 0 Å². The van der Waals surface area contributed by atoms with Crippen molar-refractivity contribution < 1.29 is 19.5 Å². The Labute approximate surface area is 122 Å². The SMILES string of the molecule is CC(NC1CCC(=O)NC1=O)[C@@H](C(=O)O)c1ccccc1. The van der Waals surface area contributed by atoms with Gasteiger partial charge in [-0.15, -0.1) is 0 Å². The van der Waals surface area contributed by atoms with Crippen LogP contribution in [0, 0.1) is 0 Å². The first-order valence-corrected chi connectivity index (χ1v) is 6.86. The zero-order valence-corrected chi connectivity index (χ0v) is 11.7. The van der Waals surface area contributed by atoms with E-state index in [4.69, 9.17) is 0 Å². The molecule has 0 aromatic heterocycles. The zero-order valence-electron chi connectivity index (χ0n) is 11.7. The number of rotatable bonds is 5. The van der Waals surface area contributed by atoms with Crippen molar-refractivity contribution in [2.24, 2.45) is 0 Å². The Kier molecular flexibility index (Phi) is 4.70. The van der Waals surface area contributed by atoms with Crippen molar-refractivity contribution in [3.63, 3.8) is 0 Å². The second-order valence-corrected chi connectivity index (χ2v) is 5.19. The van der Waals surface area contributed by atoms with Crippen LogP contribution >= 0.6 is 0 Å². The van der Waals surface area contributed by atoms with Gasteiger partial charge in [-0.1, -0.05) is 30.3 Å². The standard InChI is InChI=1S/C15H18N2O4/c1-9(16-11-7-8-12(18)17-14(11)19)13(15(20)21)10-5-3-2-4-6-10/h2-6,9,11,13,16H,7-8H2,1H3,(H,20,21)(H,17,18,19)/t9?,11?,13-/m1/s1. The Bertz CT molecular complexity index is 544. The highest BCUT2D eigenvalue weighted by molar-refractivity contribution is 6.00. The van der Waals surface area contributed by atoms with E-state index in [9.17, 15) is 19.5 Å². The Morgan fingerprint density at radius 2 is 2.00 bits per heavy atom. The third-order valence-electron chi connectivity index (χ3n) is 3.63. The molecule has 0 radical (unpaired) electrons. The highest BCUT2D eigenvalue weighted by Crippen LogP contribution is 2.21. The van der Waals surface area contributed by atoms with Crippen LogP contribution in [0.15, 0.2) is 30.3 Å². The first-order valence-electron chi connectivity index (χ1n) is 6.86. The number of aliphatic carboxylic acids is 1. The lowest BCUT2D eigenvalue weighted by atomic mass is 9.91. The van der Waals surface area contributed by atoms with Crippen LogP contribution < -0.4 is 10.6 Å². The summed E-state index contributed by atoms with van der Waals surface area (Å²) in [5.41, 5.74) is 0.678. The number of amides is 2. The van der Waals surface area contributed by atoms with Crippen molar-refractivity contribution in [3.05, 3.63) is 35.9 Å². The normalized spacial score (nSPS) is 21.5. The van der Waals surface area contributed by atoms with Crippen LogP contribution in [0.25, 0.3) is 0 Å². The van der Waals surface area contributed by atoms with E-state index in [2.05, 4.69) is 10.6 Å². The van der Waals surface area contributed by atoms with Crippen LogP contribution in [0.3, 0.4) is 0 Å². The molecule has 1 saturated heterocycles. The molecule has 0 aliphatic carbocycles. The summed E-state index contributed by atoms with van der Waals surface area (Å²) in [7, 11) is 0. The lowest BCUT2D eigenvalue weighted by Crippen LogP contribution is -2.54. The van der Waals surface area contributed by atoms with Crippen molar-refractivity contribution >= 4 is 17.8 Å². The van der Waals surface area contributed by atoms with Gasteiger partial charge in [0.05, 0.1) is 12.0 Å². The third kappa shape index (κ3) is 3.66. The Hall–Kier alpha value is -2.21. The molecule has 0 spiro atoms. The van der Waals surface area contributed by atoms with Gasteiger partial charge in [0.2, 0.25) is 11.8 Å². The van der Waals surface area contributed by atoms with Crippen LogP contribution in [0.5, 0.6) is 0 Å². The lowest BCUT2D eigenvalue weighted by molar-refractivity contribution is -0.141. The summed E-state index contributed by atoms with van der Waals surface area (Å²) in [4.78, 5) is 34.4. The van der Waals surface area contributed by atoms with Gasteiger partial charge in [-0.3, -0.25) is 19.7 Å². The first kappa shape index (κ1) is 15.2. The summed E-state index contributed by atoms with van der Waals surface area (Å²) in [6, 6.07) is 7.91. The smallest absolute Gasteiger partial charge is 0.312 e. The van der Waals surface area contributed by atoms with E-state index in [0.29, 0.717) is 12.0 Å². The molecule has 2 unspecified atom stereocenters. The molecule has 1 aliphatic heterocycles. The van der Waals surface area contributed by atoms with Gasteiger partial charge >= 0.3 is 5.97 Å².